The summed E-state index contributed by atoms with van der Waals surface area (Å²) in [6.45, 7) is 3.95. The second-order valence-corrected chi connectivity index (χ2v) is 4.36. The summed E-state index contributed by atoms with van der Waals surface area (Å²) in [6.07, 6.45) is 0. The quantitative estimate of drug-likeness (QED) is 0.845. The Balaban J connectivity index is 2.89. The largest absolute Gasteiger partial charge is 0.496 e. The molecule has 16 heavy (non-hydrogen) atoms. The predicted octanol–water partition coefficient (Wildman–Crippen LogP) is 3.16. The van der Waals surface area contributed by atoms with Gasteiger partial charge in [0.2, 0.25) is 0 Å². The average Bonchev–Trinajstić information content (AvgIpc) is 2.57. The molecule has 1 heterocycles. The Kier molecular flexibility index (Phi) is 2.82. The summed E-state index contributed by atoms with van der Waals surface area (Å²) in [5.74, 6) is 0.802. The Labute approximate surface area is 99.5 Å². The number of rotatable bonds is 2. The third-order valence-electron chi connectivity index (χ3n) is 2.78. The van der Waals surface area contributed by atoms with Crippen LogP contribution in [-0.4, -0.2) is 12.1 Å². The topological polar surface area (TPSA) is 51.0 Å². The first-order valence-electron chi connectivity index (χ1n) is 5.16. The minimum absolute atomic E-state index is 0.0545. The Morgan fingerprint density at radius 2 is 2.12 bits per heavy atom. The highest BCUT2D eigenvalue weighted by Gasteiger charge is 2.17. The fraction of sp³-hybridized carbons (Fsp3) is 0.333. The fourth-order valence-corrected chi connectivity index (χ4v) is 2.33. The van der Waals surface area contributed by atoms with E-state index in [-0.39, 0.29) is 6.04 Å². The first kappa shape index (κ1) is 11.3. The summed E-state index contributed by atoms with van der Waals surface area (Å²) in [5, 5.41) is 1.67. The molecule has 0 aliphatic heterocycles. The van der Waals surface area contributed by atoms with E-state index in [0.717, 1.165) is 27.9 Å². The second-order valence-electron chi connectivity index (χ2n) is 3.95. The van der Waals surface area contributed by atoms with E-state index >= 15 is 0 Å². The summed E-state index contributed by atoms with van der Waals surface area (Å²) < 4.78 is 5.35. The zero-order valence-corrected chi connectivity index (χ0v) is 10.4. The average molecular weight is 239 g/mol. The van der Waals surface area contributed by atoms with Crippen LogP contribution in [0.4, 0.5) is 0 Å². The number of aryl methyl sites for hydroxylation is 1. The monoisotopic (exact) mass is 238 g/mol. The lowest BCUT2D eigenvalue weighted by Crippen LogP contribution is -2.06. The summed E-state index contributed by atoms with van der Waals surface area (Å²) in [4.78, 5) is 3.26. The highest BCUT2D eigenvalue weighted by Crippen LogP contribution is 2.37. The summed E-state index contributed by atoms with van der Waals surface area (Å²) >= 11 is 6.15. The number of hydrogen-bond donors (Lipinski definition) is 2. The Bertz CT molecular complexity index is 531. The second kappa shape index (κ2) is 4.00. The van der Waals surface area contributed by atoms with Crippen LogP contribution in [0, 0.1) is 6.92 Å². The number of halogens is 1. The van der Waals surface area contributed by atoms with Gasteiger partial charge in [-0.05, 0) is 26.0 Å². The van der Waals surface area contributed by atoms with Gasteiger partial charge in [-0.2, -0.15) is 0 Å². The van der Waals surface area contributed by atoms with Crippen molar-refractivity contribution < 1.29 is 4.74 Å². The van der Waals surface area contributed by atoms with Crippen LogP contribution in [0.1, 0.15) is 24.2 Å². The number of ether oxygens (including phenoxy) is 1. The van der Waals surface area contributed by atoms with Gasteiger partial charge < -0.3 is 15.5 Å². The summed E-state index contributed by atoms with van der Waals surface area (Å²) in [5.41, 5.74) is 8.98. The molecule has 1 aromatic heterocycles. The van der Waals surface area contributed by atoms with Crippen LogP contribution in [0.5, 0.6) is 5.75 Å². The molecule has 1 atom stereocenters. The van der Waals surface area contributed by atoms with Gasteiger partial charge in [0, 0.05) is 22.7 Å². The standard InChI is InChI=1S/C12H15ClN2O/c1-6(14)10-7(2)15-12-8(13)4-5-9(16-3)11(10)12/h4-6,15H,14H2,1-3H3. The maximum Gasteiger partial charge on any atom is 0.128 e. The smallest absolute Gasteiger partial charge is 0.128 e. The zero-order chi connectivity index (χ0) is 11.9. The van der Waals surface area contributed by atoms with Gasteiger partial charge in [0.05, 0.1) is 17.6 Å². The highest BCUT2D eigenvalue weighted by atomic mass is 35.5. The number of nitrogens with one attached hydrogen (secondary N) is 1. The first-order valence-corrected chi connectivity index (χ1v) is 5.54. The molecular formula is C12H15ClN2O. The molecule has 1 aromatic carbocycles. The molecule has 1 unspecified atom stereocenters. The lowest BCUT2D eigenvalue weighted by atomic mass is 10.0. The molecule has 0 aliphatic carbocycles. The summed E-state index contributed by atoms with van der Waals surface area (Å²) in [6, 6.07) is 3.63. The van der Waals surface area contributed by atoms with Gasteiger partial charge in [-0.25, -0.2) is 0 Å². The fourth-order valence-electron chi connectivity index (χ4n) is 2.13. The summed E-state index contributed by atoms with van der Waals surface area (Å²) in [7, 11) is 1.65. The van der Waals surface area contributed by atoms with E-state index in [1.54, 1.807) is 7.11 Å². The molecule has 4 heteroatoms. The van der Waals surface area contributed by atoms with E-state index in [0.29, 0.717) is 5.02 Å². The van der Waals surface area contributed by atoms with E-state index in [2.05, 4.69) is 4.98 Å². The van der Waals surface area contributed by atoms with E-state index in [9.17, 15) is 0 Å². The van der Waals surface area contributed by atoms with Crippen LogP contribution in [0.3, 0.4) is 0 Å². The lowest BCUT2D eigenvalue weighted by Gasteiger charge is -2.09. The minimum atomic E-state index is -0.0545. The number of nitrogens with two attached hydrogens (primary N) is 1. The number of fused-ring (bicyclic) bond motifs is 1. The number of H-pyrrole nitrogens is 1. The van der Waals surface area contributed by atoms with E-state index in [1.807, 2.05) is 26.0 Å². The van der Waals surface area contributed by atoms with Gasteiger partial charge in [-0.1, -0.05) is 11.6 Å². The maximum absolute atomic E-state index is 6.15. The Morgan fingerprint density at radius 1 is 1.44 bits per heavy atom. The van der Waals surface area contributed by atoms with Gasteiger partial charge in [0.25, 0.3) is 0 Å². The molecule has 0 saturated carbocycles. The van der Waals surface area contributed by atoms with Gasteiger partial charge in [0.15, 0.2) is 0 Å². The Hall–Kier alpha value is -1.19. The van der Waals surface area contributed by atoms with E-state index in [1.165, 1.54) is 0 Å². The molecule has 0 saturated heterocycles. The van der Waals surface area contributed by atoms with Gasteiger partial charge in [-0.15, -0.1) is 0 Å². The molecule has 3 N–H and O–H groups in total. The minimum Gasteiger partial charge on any atom is -0.496 e. The third kappa shape index (κ3) is 1.56. The molecule has 0 fully saturated rings. The van der Waals surface area contributed by atoms with Crippen molar-refractivity contribution in [3.63, 3.8) is 0 Å². The van der Waals surface area contributed by atoms with Crippen molar-refractivity contribution in [3.8, 4) is 5.75 Å². The molecule has 0 spiro atoms. The first-order chi connectivity index (χ1) is 7.56. The van der Waals surface area contributed by atoms with Gasteiger partial charge >= 0.3 is 0 Å². The van der Waals surface area contributed by atoms with Crippen molar-refractivity contribution in [3.05, 3.63) is 28.4 Å². The number of aromatic amines is 1. The van der Waals surface area contributed by atoms with Crippen molar-refractivity contribution in [2.24, 2.45) is 5.73 Å². The van der Waals surface area contributed by atoms with E-state index < -0.39 is 0 Å². The van der Waals surface area contributed by atoms with E-state index in [4.69, 9.17) is 22.1 Å². The number of methoxy groups -OCH3 is 1. The molecule has 2 aromatic rings. The van der Waals surface area contributed by atoms with Gasteiger partial charge in [0.1, 0.15) is 5.75 Å². The highest BCUT2D eigenvalue weighted by molar-refractivity contribution is 6.35. The Morgan fingerprint density at radius 3 is 2.69 bits per heavy atom. The predicted molar refractivity (Wildman–Crippen MR) is 67.2 cm³/mol. The number of hydrogen-bond acceptors (Lipinski definition) is 2. The molecule has 0 amide bonds. The van der Waals surface area contributed by atoms with Crippen LogP contribution >= 0.6 is 11.6 Å². The SMILES string of the molecule is COc1ccc(Cl)c2[nH]c(C)c(C(C)N)c12. The van der Waals surface area contributed by atoms with Crippen molar-refractivity contribution in [2.45, 2.75) is 19.9 Å². The molecule has 2 rings (SSSR count). The molecule has 0 radical (unpaired) electrons. The molecule has 0 aliphatic rings. The van der Waals surface area contributed by atoms with Crippen LogP contribution in [0.15, 0.2) is 12.1 Å². The van der Waals surface area contributed by atoms with Crippen molar-refractivity contribution in [1.29, 1.82) is 0 Å². The van der Waals surface area contributed by atoms with Crippen molar-refractivity contribution in [1.82, 2.24) is 4.98 Å². The number of aromatic nitrogens is 1. The van der Waals surface area contributed by atoms with Crippen molar-refractivity contribution in [2.75, 3.05) is 7.11 Å². The molecular weight excluding hydrogens is 224 g/mol. The number of benzene rings is 1. The van der Waals surface area contributed by atoms with Crippen LogP contribution in [0.25, 0.3) is 10.9 Å². The molecule has 3 nitrogen and oxygen atoms in total. The van der Waals surface area contributed by atoms with Gasteiger partial charge in [-0.3, -0.25) is 0 Å². The normalized spacial score (nSPS) is 13.1. The molecule has 0 bridgehead atoms. The lowest BCUT2D eigenvalue weighted by molar-refractivity contribution is 0.419. The van der Waals surface area contributed by atoms with Crippen LogP contribution < -0.4 is 10.5 Å². The molecule has 86 valence electrons. The van der Waals surface area contributed by atoms with Crippen LogP contribution in [-0.2, 0) is 0 Å². The maximum atomic E-state index is 6.15. The van der Waals surface area contributed by atoms with Crippen LogP contribution in [0.2, 0.25) is 5.02 Å². The zero-order valence-electron chi connectivity index (χ0n) is 9.60. The van der Waals surface area contributed by atoms with Crippen molar-refractivity contribution >= 4 is 22.5 Å². The third-order valence-corrected chi connectivity index (χ3v) is 3.09.